The van der Waals surface area contributed by atoms with Crippen molar-refractivity contribution in [3.8, 4) is 0 Å². The van der Waals surface area contributed by atoms with Gasteiger partial charge in [0.2, 0.25) is 0 Å². The van der Waals surface area contributed by atoms with Gasteiger partial charge in [-0.2, -0.15) is 0 Å². The van der Waals surface area contributed by atoms with Crippen LogP contribution in [-0.2, 0) is 13.0 Å². The van der Waals surface area contributed by atoms with Crippen LogP contribution in [0.25, 0.3) is 4.96 Å². The molecule has 0 saturated carbocycles. The molecule has 0 fully saturated rings. The largest absolute Gasteiger partial charge is 0.348 e. The fraction of sp³-hybridized carbons (Fsp3) is 0.400. The molecule has 3 aromatic heterocycles. The van der Waals surface area contributed by atoms with E-state index in [4.69, 9.17) is 4.98 Å². The van der Waals surface area contributed by atoms with Gasteiger partial charge in [-0.1, -0.05) is 0 Å². The van der Waals surface area contributed by atoms with E-state index in [1.165, 1.54) is 16.1 Å². The quantitative estimate of drug-likeness (QED) is 0.804. The van der Waals surface area contributed by atoms with Gasteiger partial charge in [0.15, 0.2) is 10.8 Å². The Morgan fingerprint density at radius 1 is 1.38 bits per heavy atom. The molecule has 1 atom stereocenters. The summed E-state index contributed by atoms with van der Waals surface area (Å²) in [6.07, 6.45) is 3.25. The third-order valence-electron chi connectivity index (χ3n) is 4.23. The Morgan fingerprint density at radius 2 is 2.29 bits per heavy atom. The Morgan fingerprint density at radius 3 is 3.14 bits per heavy atom. The first kappa shape index (κ1) is 13.3. The number of hydrogen-bond acceptors (Lipinski definition) is 5. The van der Waals surface area contributed by atoms with E-state index in [0.29, 0.717) is 6.04 Å². The topological polar surface area (TPSA) is 32.6 Å². The summed E-state index contributed by atoms with van der Waals surface area (Å²) in [6, 6.07) is 2.67. The molecular formula is C15H18N4S2. The normalized spacial score (nSPS) is 18.4. The fourth-order valence-corrected chi connectivity index (χ4v) is 4.87. The van der Waals surface area contributed by atoms with Crippen molar-refractivity contribution in [2.75, 3.05) is 18.5 Å². The van der Waals surface area contributed by atoms with E-state index in [0.717, 1.165) is 30.3 Å². The summed E-state index contributed by atoms with van der Waals surface area (Å²) >= 11 is 3.59. The number of thiazole rings is 1. The first-order chi connectivity index (χ1) is 10.3. The van der Waals surface area contributed by atoms with E-state index in [1.807, 2.05) is 18.4 Å². The lowest BCUT2D eigenvalue weighted by Crippen LogP contribution is -2.34. The molecule has 1 N–H and O–H groups in total. The summed E-state index contributed by atoms with van der Waals surface area (Å²) in [5.41, 5.74) is 2.73. The molecule has 0 spiro atoms. The maximum Gasteiger partial charge on any atom is 0.195 e. The van der Waals surface area contributed by atoms with Crippen molar-refractivity contribution in [1.82, 2.24) is 14.7 Å². The highest BCUT2D eigenvalue weighted by molar-refractivity contribution is 7.15. The molecule has 21 heavy (non-hydrogen) atoms. The van der Waals surface area contributed by atoms with Crippen LogP contribution in [0.1, 0.15) is 29.1 Å². The minimum atomic E-state index is 0.403. The number of thiophene rings is 1. The molecule has 0 radical (unpaired) electrons. The Labute approximate surface area is 132 Å². The van der Waals surface area contributed by atoms with E-state index in [1.54, 1.807) is 11.3 Å². The SMILES string of the molecule is CNCc1c(N2CCc3sccc3C2C)nc2sccn12. The lowest BCUT2D eigenvalue weighted by Gasteiger charge is -2.34. The molecule has 4 heterocycles. The van der Waals surface area contributed by atoms with Crippen LogP contribution in [0.2, 0.25) is 0 Å². The molecule has 0 bridgehead atoms. The Kier molecular flexibility index (Phi) is 3.24. The van der Waals surface area contributed by atoms with Crippen molar-refractivity contribution >= 4 is 33.5 Å². The Hall–Kier alpha value is -1.37. The van der Waals surface area contributed by atoms with E-state index in [-0.39, 0.29) is 0 Å². The molecule has 0 aliphatic carbocycles. The van der Waals surface area contributed by atoms with Gasteiger partial charge in [-0.3, -0.25) is 4.40 Å². The number of imidazole rings is 1. The summed E-state index contributed by atoms with van der Waals surface area (Å²) in [5.74, 6) is 1.14. The van der Waals surface area contributed by atoms with Gasteiger partial charge in [-0.15, -0.1) is 22.7 Å². The monoisotopic (exact) mass is 318 g/mol. The highest BCUT2D eigenvalue weighted by Gasteiger charge is 2.28. The summed E-state index contributed by atoms with van der Waals surface area (Å²) in [5, 5.41) is 7.59. The zero-order valence-corrected chi connectivity index (χ0v) is 13.8. The maximum absolute atomic E-state index is 4.89. The number of nitrogens with one attached hydrogen (secondary N) is 1. The van der Waals surface area contributed by atoms with E-state index < -0.39 is 0 Å². The molecule has 4 nitrogen and oxygen atoms in total. The summed E-state index contributed by atoms with van der Waals surface area (Å²) in [6.45, 7) is 4.19. The second-order valence-electron chi connectivity index (χ2n) is 5.39. The van der Waals surface area contributed by atoms with Crippen molar-refractivity contribution < 1.29 is 0 Å². The molecule has 1 aliphatic rings. The molecule has 0 aromatic carbocycles. The van der Waals surface area contributed by atoms with Gasteiger partial charge in [0.25, 0.3) is 0 Å². The first-order valence-corrected chi connectivity index (χ1v) is 8.97. The minimum Gasteiger partial charge on any atom is -0.348 e. The van der Waals surface area contributed by atoms with E-state index in [2.05, 4.69) is 44.6 Å². The predicted octanol–water partition coefficient (Wildman–Crippen LogP) is 3.30. The lowest BCUT2D eigenvalue weighted by molar-refractivity contribution is 0.620. The molecule has 1 aliphatic heterocycles. The Balaban J connectivity index is 1.80. The van der Waals surface area contributed by atoms with Crippen molar-refractivity contribution in [3.05, 3.63) is 39.2 Å². The van der Waals surface area contributed by atoms with Crippen molar-refractivity contribution in [3.63, 3.8) is 0 Å². The van der Waals surface area contributed by atoms with E-state index in [9.17, 15) is 0 Å². The summed E-state index contributed by atoms with van der Waals surface area (Å²) in [7, 11) is 1.99. The molecule has 0 amide bonds. The molecule has 1 unspecified atom stereocenters. The summed E-state index contributed by atoms with van der Waals surface area (Å²) in [4.78, 5) is 9.97. The number of aromatic nitrogens is 2. The van der Waals surface area contributed by atoms with Crippen LogP contribution < -0.4 is 10.2 Å². The second-order valence-corrected chi connectivity index (χ2v) is 7.26. The first-order valence-electron chi connectivity index (χ1n) is 7.21. The minimum absolute atomic E-state index is 0.403. The van der Waals surface area contributed by atoms with Crippen LogP contribution in [0.3, 0.4) is 0 Å². The number of nitrogens with zero attached hydrogens (tertiary/aromatic N) is 3. The van der Waals surface area contributed by atoms with Crippen LogP contribution in [0.5, 0.6) is 0 Å². The maximum atomic E-state index is 4.89. The van der Waals surface area contributed by atoms with Gasteiger partial charge in [0.1, 0.15) is 0 Å². The van der Waals surface area contributed by atoms with E-state index >= 15 is 0 Å². The molecular weight excluding hydrogens is 300 g/mol. The van der Waals surface area contributed by atoms with Crippen molar-refractivity contribution in [1.29, 1.82) is 0 Å². The Bertz CT molecular complexity index is 770. The predicted molar refractivity (Wildman–Crippen MR) is 89.6 cm³/mol. The molecule has 4 rings (SSSR count). The number of fused-ring (bicyclic) bond motifs is 2. The van der Waals surface area contributed by atoms with Gasteiger partial charge >= 0.3 is 0 Å². The van der Waals surface area contributed by atoms with Crippen LogP contribution in [0, 0.1) is 0 Å². The fourth-order valence-electron chi connectivity index (χ4n) is 3.18. The molecule has 110 valence electrons. The van der Waals surface area contributed by atoms with Crippen molar-refractivity contribution in [2.45, 2.75) is 25.9 Å². The summed E-state index contributed by atoms with van der Waals surface area (Å²) < 4.78 is 2.21. The molecule has 0 saturated heterocycles. The smallest absolute Gasteiger partial charge is 0.195 e. The molecule has 3 aromatic rings. The second kappa shape index (κ2) is 5.12. The van der Waals surface area contributed by atoms with Crippen LogP contribution >= 0.6 is 22.7 Å². The highest BCUT2D eigenvalue weighted by atomic mass is 32.1. The van der Waals surface area contributed by atoms with Gasteiger partial charge in [-0.05, 0) is 37.4 Å². The van der Waals surface area contributed by atoms with Crippen LogP contribution in [0.15, 0.2) is 23.0 Å². The zero-order valence-electron chi connectivity index (χ0n) is 12.2. The van der Waals surface area contributed by atoms with Gasteiger partial charge in [0.05, 0.1) is 11.7 Å². The average molecular weight is 318 g/mol. The van der Waals surface area contributed by atoms with Crippen LogP contribution in [-0.4, -0.2) is 23.0 Å². The molecule has 6 heteroatoms. The van der Waals surface area contributed by atoms with Crippen LogP contribution in [0.4, 0.5) is 5.82 Å². The standard InChI is InChI=1S/C15H18N4S2/c1-10-11-4-7-20-13(11)3-5-18(10)14-12(9-16-2)19-6-8-21-15(19)17-14/h4,6-8,10,16H,3,5,9H2,1-2H3. The van der Waals surface area contributed by atoms with Gasteiger partial charge in [0, 0.05) is 29.5 Å². The third-order valence-corrected chi connectivity index (χ3v) is 5.99. The zero-order chi connectivity index (χ0) is 14.4. The lowest BCUT2D eigenvalue weighted by atomic mass is 10.0. The number of rotatable bonds is 3. The average Bonchev–Trinajstić information content (AvgIpc) is 3.16. The van der Waals surface area contributed by atoms with Gasteiger partial charge < -0.3 is 10.2 Å². The number of hydrogen-bond donors (Lipinski definition) is 1. The highest BCUT2D eigenvalue weighted by Crippen LogP contribution is 2.37. The van der Waals surface area contributed by atoms with Gasteiger partial charge in [-0.25, -0.2) is 4.98 Å². The van der Waals surface area contributed by atoms with Crippen molar-refractivity contribution in [2.24, 2.45) is 0 Å². The number of anilines is 1. The third kappa shape index (κ3) is 2.01.